The maximum atomic E-state index is 13.3. The van der Waals surface area contributed by atoms with Crippen LogP contribution in [0.1, 0.15) is 49.5 Å². The number of esters is 1. The van der Waals surface area contributed by atoms with E-state index in [1.807, 2.05) is 49.4 Å². The molecule has 1 amide bonds. The van der Waals surface area contributed by atoms with Crippen molar-refractivity contribution in [2.24, 2.45) is 0 Å². The summed E-state index contributed by atoms with van der Waals surface area (Å²) in [5, 5.41) is 3.38. The van der Waals surface area contributed by atoms with Gasteiger partial charge in [-0.15, -0.1) is 0 Å². The minimum atomic E-state index is -0.546. The second-order valence-electron chi connectivity index (χ2n) is 7.12. The van der Waals surface area contributed by atoms with E-state index >= 15 is 0 Å². The monoisotopic (exact) mass is 390 g/mol. The number of fused-ring (bicyclic) bond motifs is 1. The maximum Gasteiger partial charge on any atom is 0.341 e. The molecule has 1 atom stereocenters. The van der Waals surface area contributed by atoms with Gasteiger partial charge in [0.15, 0.2) is 6.17 Å². The number of nitrogens with one attached hydrogen (secondary N) is 1. The van der Waals surface area contributed by atoms with Gasteiger partial charge in [-0.1, -0.05) is 42.0 Å². The predicted molar refractivity (Wildman–Crippen MR) is 109 cm³/mol. The van der Waals surface area contributed by atoms with Crippen molar-refractivity contribution in [2.75, 3.05) is 12.4 Å². The van der Waals surface area contributed by atoms with Crippen molar-refractivity contribution in [3.05, 3.63) is 88.4 Å². The Hall–Kier alpha value is -3.54. The van der Waals surface area contributed by atoms with E-state index in [4.69, 9.17) is 9.15 Å². The first-order valence-corrected chi connectivity index (χ1v) is 9.38. The molecule has 4 rings (SSSR count). The molecule has 0 bridgehead atoms. The minimum absolute atomic E-state index is 0.0985. The average Bonchev–Trinajstić information content (AvgIpc) is 3.12. The van der Waals surface area contributed by atoms with Gasteiger partial charge >= 0.3 is 5.97 Å². The molecule has 0 aliphatic carbocycles. The summed E-state index contributed by atoms with van der Waals surface area (Å²) in [4.78, 5) is 27.0. The molecule has 1 N–H and O–H groups in total. The number of para-hydroxylation sites is 1. The Morgan fingerprint density at radius 1 is 1.14 bits per heavy atom. The molecule has 0 unspecified atom stereocenters. The third-order valence-electron chi connectivity index (χ3n) is 5.11. The zero-order valence-corrected chi connectivity index (χ0v) is 16.6. The summed E-state index contributed by atoms with van der Waals surface area (Å²) in [6.45, 7) is 4.13. The number of aryl methyl sites for hydroxylation is 2. The number of ether oxygens (including phenoxy) is 1. The van der Waals surface area contributed by atoms with E-state index in [-0.39, 0.29) is 5.91 Å². The molecule has 1 aromatic heterocycles. The third kappa shape index (κ3) is 3.49. The lowest BCUT2D eigenvalue weighted by Crippen LogP contribution is -2.42. The number of hydrogen-bond acceptors (Lipinski definition) is 5. The molecule has 0 radical (unpaired) electrons. The van der Waals surface area contributed by atoms with E-state index in [9.17, 15) is 9.59 Å². The lowest BCUT2D eigenvalue weighted by molar-refractivity contribution is 0.0597. The molecular weight excluding hydrogens is 368 g/mol. The van der Waals surface area contributed by atoms with Crippen LogP contribution >= 0.6 is 0 Å². The zero-order valence-electron chi connectivity index (χ0n) is 16.6. The summed E-state index contributed by atoms with van der Waals surface area (Å²) >= 11 is 0. The molecule has 0 saturated heterocycles. The molecule has 0 saturated carbocycles. The first-order chi connectivity index (χ1) is 14.0. The molecule has 0 fully saturated rings. The highest BCUT2D eigenvalue weighted by Crippen LogP contribution is 2.35. The summed E-state index contributed by atoms with van der Waals surface area (Å²) in [5.74, 6) is 0.372. The van der Waals surface area contributed by atoms with E-state index in [0.29, 0.717) is 29.2 Å². The number of nitrogens with zero attached hydrogens (tertiary/aromatic N) is 1. The second kappa shape index (κ2) is 7.47. The van der Waals surface area contributed by atoms with Crippen LogP contribution < -0.4 is 5.32 Å². The fourth-order valence-corrected chi connectivity index (χ4v) is 3.52. The first kappa shape index (κ1) is 18.8. The Kier molecular flexibility index (Phi) is 4.84. The predicted octanol–water partition coefficient (Wildman–Crippen LogP) is 4.45. The van der Waals surface area contributed by atoms with Gasteiger partial charge in [0.2, 0.25) is 0 Å². The summed E-state index contributed by atoms with van der Waals surface area (Å²) in [7, 11) is 1.33. The highest BCUT2D eigenvalue weighted by atomic mass is 16.5. The van der Waals surface area contributed by atoms with Crippen LogP contribution in [-0.2, 0) is 11.3 Å². The number of rotatable bonds is 4. The van der Waals surface area contributed by atoms with Crippen molar-refractivity contribution in [2.45, 2.75) is 26.6 Å². The van der Waals surface area contributed by atoms with Crippen LogP contribution in [0.4, 0.5) is 5.69 Å². The largest absolute Gasteiger partial charge is 0.465 e. The Bertz CT molecular complexity index is 1070. The molecule has 0 spiro atoms. The molecule has 6 heteroatoms. The van der Waals surface area contributed by atoms with Crippen LogP contribution in [0.3, 0.4) is 0 Å². The fraction of sp³-hybridized carbons (Fsp3) is 0.217. The van der Waals surface area contributed by atoms with Crippen LogP contribution in [-0.4, -0.2) is 23.9 Å². The molecule has 2 heterocycles. The Labute approximate surface area is 169 Å². The molecule has 3 aromatic rings. The number of anilines is 1. The maximum absolute atomic E-state index is 13.3. The van der Waals surface area contributed by atoms with E-state index in [1.165, 1.54) is 7.11 Å². The number of benzene rings is 2. The van der Waals surface area contributed by atoms with Crippen LogP contribution in [0.5, 0.6) is 0 Å². The van der Waals surface area contributed by atoms with Crippen molar-refractivity contribution >= 4 is 17.6 Å². The van der Waals surface area contributed by atoms with E-state index in [1.54, 1.807) is 24.0 Å². The Balaban J connectivity index is 1.75. The van der Waals surface area contributed by atoms with Crippen molar-refractivity contribution in [3.63, 3.8) is 0 Å². The normalized spacial score (nSPS) is 15.6. The molecule has 29 heavy (non-hydrogen) atoms. The van der Waals surface area contributed by atoms with Gasteiger partial charge in [-0.3, -0.25) is 4.79 Å². The van der Waals surface area contributed by atoms with Crippen LogP contribution in [0.2, 0.25) is 0 Å². The average molecular weight is 390 g/mol. The lowest BCUT2D eigenvalue weighted by atomic mass is 10.0. The van der Waals surface area contributed by atoms with Gasteiger partial charge < -0.3 is 19.4 Å². The van der Waals surface area contributed by atoms with Crippen molar-refractivity contribution < 1.29 is 18.7 Å². The summed E-state index contributed by atoms with van der Waals surface area (Å²) in [6, 6.07) is 17.1. The number of methoxy groups -OCH3 is 1. The standard InChI is InChI=1S/C23H22N2O4/c1-14-8-10-16(11-9-14)13-25-21(20-12-18(15(2)29-20)23(27)28-3)24-19-7-5-4-6-17(19)22(25)26/h4-12,21,24H,13H2,1-3H3/t21-/m1/s1. The Morgan fingerprint density at radius 3 is 2.59 bits per heavy atom. The van der Waals surface area contributed by atoms with Crippen LogP contribution in [0.15, 0.2) is 59.0 Å². The van der Waals surface area contributed by atoms with Gasteiger partial charge in [-0.25, -0.2) is 4.79 Å². The Morgan fingerprint density at radius 2 is 1.86 bits per heavy atom. The summed E-state index contributed by atoms with van der Waals surface area (Å²) in [5.41, 5.74) is 3.85. The van der Waals surface area contributed by atoms with Crippen LogP contribution in [0.25, 0.3) is 0 Å². The van der Waals surface area contributed by atoms with Gasteiger partial charge in [-0.2, -0.15) is 0 Å². The lowest BCUT2D eigenvalue weighted by Gasteiger charge is -2.36. The SMILES string of the molecule is COC(=O)c1cc([C@@H]2Nc3ccccc3C(=O)N2Cc2ccc(C)cc2)oc1C. The molecule has 1 aliphatic rings. The minimum Gasteiger partial charge on any atom is -0.465 e. The van der Waals surface area contributed by atoms with Gasteiger partial charge in [0.1, 0.15) is 17.1 Å². The van der Waals surface area contributed by atoms with Gasteiger partial charge in [0, 0.05) is 12.2 Å². The topological polar surface area (TPSA) is 71.8 Å². The quantitative estimate of drug-likeness (QED) is 0.667. The molecule has 1 aliphatic heterocycles. The van der Waals surface area contributed by atoms with Crippen molar-refractivity contribution in [1.82, 2.24) is 4.90 Å². The number of hydrogen-bond donors (Lipinski definition) is 1. The smallest absolute Gasteiger partial charge is 0.341 e. The second-order valence-corrected chi connectivity index (χ2v) is 7.12. The zero-order chi connectivity index (χ0) is 20.5. The van der Waals surface area contributed by atoms with Crippen LogP contribution in [0, 0.1) is 13.8 Å². The molecule has 6 nitrogen and oxygen atoms in total. The summed E-state index contributed by atoms with van der Waals surface area (Å²) in [6.07, 6.45) is -0.546. The van der Waals surface area contributed by atoms with Crippen molar-refractivity contribution in [1.29, 1.82) is 0 Å². The fourth-order valence-electron chi connectivity index (χ4n) is 3.52. The number of carbonyl (C=O) groups is 2. The number of furan rings is 1. The van der Waals surface area contributed by atoms with Gasteiger partial charge in [0.25, 0.3) is 5.91 Å². The highest BCUT2D eigenvalue weighted by Gasteiger charge is 2.35. The first-order valence-electron chi connectivity index (χ1n) is 9.38. The summed E-state index contributed by atoms with van der Waals surface area (Å²) < 4.78 is 10.7. The number of amides is 1. The van der Waals surface area contributed by atoms with E-state index < -0.39 is 12.1 Å². The highest BCUT2D eigenvalue weighted by molar-refractivity contribution is 6.01. The van der Waals surface area contributed by atoms with E-state index in [2.05, 4.69) is 5.32 Å². The van der Waals surface area contributed by atoms with Gasteiger partial charge in [-0.05, 0) is 37.6 Å². The van der Waals surface area contributed by atoms with E-state index in [0.717, 1.165) is 16.8 Å². The molecule has 2 aromatic carbocycles. The third-order valence-corrected chi connectivity index (χ3v) is 5.11. The molecular formula is C23H22N2O4. The van der Waals surface area contributed by atoms with Crippen molar-refractivity contribution in [3.8, 4) is 0 Å². The number of carbonyl (C=O) groups excluding carboxylic acids is 2. The molecule has 148 valence electrons. The van der Waals surface area contributed by atoms with Gasteiger partial charge in [0.05, 0.1) is 12.7 Å².